The molecule has 0 aliphatic heterocycles. The van der Waals surface area contributed by atoms with Crippen molar-refractivity contribution < 1.29 is 19.0 Å². The molecule has 5 nitrogen and oxygen atoms in total. The SMILES string of the molecule is COc1ccc(C2CCc3cc(O)ccc3C2)c(NC(C)Cc2ccc(OCCNCC3CCCCC3)c(F)c2)c1. The van der Waals surface area contributed by atoms with Crippen LogP contribution in [0.4, 0.5) is 10.1 Å². The third-order valence-corrected chi connectivity index (χ3v) is 8.75. The summed E-state index contributed by atoms with van der Waals surface area (Å²) in [5.74, 6) is 2.30. The summed E-state index contributed by atoms with van der Waals surface area (Å²) in [6.45, 7) is 4.36. The quantitative estimate of drug-likeness (QED) is 0.202. The minimum Gasteiger partial charge on any atom is -0.508 e. The summed E-state index contributed by atoms with van der Waals surface area (Å²) < 4.78 is 26.2. The van der Waals surface area contributed by atoms with E-state index in [1.807, 2.05) is 24.3 Å². The Morgan fingerprint density at radius 3 is 2.63 bits per heavy atom. The van der Waals surface area contributed by atoms with Gasteiger partial charge in [-0.25, -0.2) is 4.39 Å². The second-order valence-corrected chi connectivity index (χ2v) is 11.9. The Balaban J connectivity index is 1.16. The van der Waals surface area contributed by atoms with E-state index in [9.17, 15) is 9.50 Å². The first-order valence-corrected chi connectivity index (χ1v) is 15.4. The molecule has 0 spiro atoms. The summed E-state index contributed by atoms with van der Waals surface area (Å²) in [4.78, 5) is 0. The first-order chi connectivity index (χ1) is 20.0. The fraction of sp³-hybridized carbons (Fsp3) is 0.486. The van der Waals surface area contributed by atoms with E-state index in [1.165, 1.54) is 48.8 Å². The van der Waals surface area contributed by atoms with Crippen molar-refractivity contribution >= 4 is 5.69 Å². The van der Waals surface area contributed by atoms with Crippen molar-refractivity contribution in [2.24, 2.45) is 5.92 Å². The molecule has 5 rings (SSSR count). The zero-order valence-corrected chi connectivity index (χ0v) is 24.6. The lowest BCUT2D eigenvalue weighted by atomic mass is 9.79. The second kappa shape index (κ2) is 14.1. The number of methoxy groups -OCH3 is 1. The molecule has 0 aromatic heterocycles. The lowest BCUT2D eigenvalue weighted by Gasteiger charge is -2.28. The number of aromatic hydroxyl groups is 1. The number of hydrogen-bond donors (Lipinski definition) is 3. The highest BCUT2D eigenvalue weighted by molar-refractivity contribution is 5.58. The molecule has 1 fully saturated rings. The van der Waals surface area contributed by atoms with Crippen LogP contribution in [0.3, 0.4) is 0 Å². The average molecular weight is 561 g/mol. The predicted molar refractivity (Wildman–Crippen MR) is 164 cm³/mol. The largest absolute Gasteiger partial charge is 0.508 e. The van der Waals surface area contributed by atoms with Crippen molar-refractivity contribution in [2.75, 3.05) is 32.1 Å². The van der Waals surface area contributed by atoms with Gasteiger partial charge in [-0.3, -0.25) is 0 Å². The van der Waals surface area contributed by atoms with Gasteiger partial charge in [-0.15, -0.1) is 0 Å². The maximum atomic E-state index is 14.9. The normalized spacial score (nSPS) is 18.0. The Kier molecular flexibility index (Phi) is 10.0. The van der Waals surface area contributed by atoms with Crippen LogP contribution in [0.15, 0.2) is 54.6 Å². The summed E-state index contributed by atoms with van der Waals surface area (Å²) in [5, 5.41) is 17.0. The van der Waals surface area contributed by atoms with Gasteiger partial charge in [0.2, 0.25) is 0 Å². The minimum absolute atomic E-state index is 0.0869. The maximum absolute atomic E-state index is 14.9. The fourth-order valence-electron chi connectivity index (χ4n) is 6.54. The van der Waals surface area contributed by atoms with Crippen LogP contribution >= 0.6 is 0 Å². The molecule has 1 saturated carbocycles. The van der Waals surface area contributed by atoms with Crippen molar-refractivity contribution in [1.29, 1.82) is 0 Å². The van der Waals surface area contributed by atoms with Crippen LogP contribution in [0.1, 0.15) is 73.6 Å². The molecule has 2 aliphatic carbocycles. The van der Waals surface area contributed by atoms with Crippen molar-refractivity contribution in [3.63, 3.8) is 0 Å². The number of rotatable bonds is 12. The Bertz CT molecular complexity index is 1290. The van der Waals surface area contributed by atoms with Crippen molar-refractivity contribution in [3.8, 4) is 17.2 Å². The van der Waals surface area contributed by atoms with E-state index in [4.69, 9.17) is 9.47 Å². The van der Waals surface area contributed by atoms with E-state index in [0.717, 1.165) is 55.3 Å². The van der Waals surface area contributed by atoms with E-state index in [2.05, 4.69) is 29.7 Å². The van der Waals surface area contributed by atoms with Crippen molar-refractivity contribution in [1.82, 2.24) is 5.32 Å². The Hall–Kier alpha value is -3.25. The van der Waals surface area contributed by atoms with E-state index >= 15 is 0 Å². The molecule has 2 aliphatic rings. The summed E-state index contributed by atoms with van der Waals surface area (Å²) in [6, 6.07) is 17.4. The molecule has 6 heteroatoms. The number of phenols is 1. The molecule has 0 amide bonds. The van der Waals surface area contributed by atoms with Crippen molar-refractivity contribution in [3.05, 3.63) is 82.7 Å². The molecular formula is C35H45FN2O3. The number of halogens is 1. The van der Waals surface area contributed by atoms with E-state index in [1.54, 1.807) is 25.3 Å². The van der Waals surface area contributed by atoms with E-state index in [-0.39, 0.29) is 11.9 Å². The van der Waals surface area contributed by atoms with Crippen LogP contribution in [0, 0.1) is 11.7 Å². The number of benzene rings is 3. The van der Waals surface area contributed by atoms with Crippen LogP contribution in [-0.2, 0) is 19.3 Å². The van der Waals surface area contributed by atoms with Crippen LogP contribution in [-0.4, -0.2) is 38.0 Å². The molecule has 41 heavy (non-hydrogen) atoms. The van der Waals surface area contributed by atoms with Gasteiger partial charge < -0.3 is 25.2 Å². The molecule has 0 radical (unpaired) electrons. The van der Waals surface area contributed by atoms with Crippen LogP contribution in [0.2, 0.25) is 0 Å². The third-order valence-electron chi connectivity index (χ3n) is 8.75. The van der Waals surface area contributed by atoms with Gasteiger partial charge in [0.25, 0.3) is 0 Å². The smallest absolute Gasteiger partial charge is 0.165 e. The average Bonchev–Trinajstić information content (AvgIpc) is 2.98. The number of nitrogens with one attached hydrogen (secondary N) is 2. The second-order valence-electron chi connectivity index (χ2n) is 11.9. The van der Waals surface area contributed by atoms with Gasteiger partial charge in [-0.05, 0) is 116 Å². The Morgan fingerprint density at radius 2 is 1.83 bits per heavy atom. The van der Waals surface area contributed by atoms with E-state index in [0.29, 0.717) is 30.4 Å². The third kappa shape index (κ3) is 7.94. The zero-order valence-electron chi connectivity index (χ0n) is 24.6. The number of hydrogen-bond acceptors (Lipinski definition) is 5. The standard InChI is InChI=1S/C35H45FN2O3/c1-24(18-26-8-15-35(33(36)19-26)41-17-16-37-23-25-6-4-3-5-7-25)38-34-22-31(40-2)13-14-32(34)29-10-9-28-21-30(39)12-11-27(28)20-29/h8,11-15,19,21-22,24-25,29,37-39H,3-7,9-10,16-18,20,23H2,1-2H3. The van der Waals surface area contributed by atoms with Crippen LogP contribution < -0.4 is 20.1 Å². The monoisotopic (exact) mass is 560 g/mol. The Labute approximate surface area is 244 Å². The first kappa shape index (κ1) is 29.2. The number of fused-ring (bicyclic) bond motifs is 1. The Morgan fingerprint density at radius 1 is 0.976 bits per heavy atom. The fourth-order valence-corrected chi connectivity index (χ4v) is 6.54. The van der Waals surface area contributed by atoms with Gasteiger partial charge >= 0.3 is 0 Å². The molecule has 0 heterocycles. The van der Waals surface area contributed by atoms with Crippen LogP contribution in [0.5, 0.6) is 17.2 Å². The molecular weight excluding hydrogens is 515 g/mol. The molecule has 0 saturated heterocycles. The topological polar surface area (TPSA) is 62.8 Å². The van der Waals surface area contributed by atoms with Crippen molar-refractivity contribution in [2.45, 2.75) is 76.7 Å². The van der Waals surface area contributed by atoms with Gasteiger partial charge in [0.1, 0.15) is 18.1 Å². The summed E-state index contributed by atoms with van der Waals surface area (Å²) in [7, 11) is 1.69. The van der Waals surface area contributed by atoms with Gasteiger partial charge in [-0.2, -0.15) is 0 Å². The highest BCUT2D eigenvalue weighted by atomic mass is 19.1. The summed E-state index contributed by atoms with van der Waals surface area (Å²) in [6.07, 6.45) is 10.3. The molecule has 0 bridgehead atoms. The molecule has 3 aromatic carbocycles. The highest BCUT2D eigenvalue weighted by Gasteiger charge is 2.24. The number of ether oxygens (including phenoxy) is 2. The summed E-state index contributed by atoms with van der Waals surface area (Å²) >= 11 is 0. The highest BCUT2D eigenvalue weighted by Crippen LogP contribution is 2.39. The molecule has 220 valence electrons. The molecule has 2 atom stereocenters. The molecule has 2 unspecified atom stereocenters. The molecule has 3 N–H and O–H groups in total. The van der Waals surface area contributed by atoms with Gasteiger partial charge in [0.15, 0.2) is 11.6 Å². The minimum atomic E-state index is -0.309. The van der Waals surface area contributed by atoms with Gasteiger partial charge in [0.05, 0.1) is 7.11 Å². The lowest BCUT2D eigenvalue weighted by molar-refractivity contribution is 0.284. The number of aryl methyl sites for hydroxylation is 1. The maximum Gasteiger partial charge on any atom is 0.165 e. The first-order valence-electron chi connectivity index (χ1n) is 15.4. The number of phenolic OH excluding ortho intramolecular Hbond substituents is 1. The zero-order chi connectivity index (χ0) is 28.6. The van der Waals surface area contributed by atoms with Gasteiger partial charge in [0, 0.05) is 24.3 Å². The van der Waals surface area contributed by atoms with Gasteiger partial charge in [-0.1, -0.05) is 37.5 Å². The van der Waals surface area contributed by atoms with E-state index < -0.39 is 0 Å². The predicted octanol–water partition coefficient (Wildman–Crippen LogP) is 7.40. The molecule has 3 aromatic rings. The number of anilines is 1. The van der Waals surface area contributed by atoms with Crippen LogP contribution in [0.25, 0.3) is 0 Å². The lowest BCUT2D eigenvalue weighted by Crippen LogP contribution is -2.28. The summed E-state index contributed by atoms with van der Waals surface area (Å²) in [5.41, 5.74) is 5.80.